The Balaban J connectivity index is 1.58. The van der Waals surface area contributed by atoms with E-state index in [1.807, 2.05) is 43.3 Å². The Morgan fingerprint density at radius 1 is 0.962 bits per heavy atom. The Bertz CT molecular complexity index is 1090. The third-order valence-electron chi connectivity index (χ3n) is 4.02. The summed E-state index contributed by atoms with van der Waals surface area (Å²) in [5, 5.41) is 6.00. The van der Waals surface area contributed by atoms with Crippen molar-refractivity contribution in [1.82, 2.24) is 5.16 Å². The molecule has 0 aliphatic carbocycles. The van der Waals surface area contributed by atoms with Crippen LogP contribution in [-0.4, -0.2) is 5.16 Å². The first-order chi connectivity index (χ1) is 12.6. The smallest absolute Gasteiger partial charge is 0.173 e. The summed E-state index contributed by atoms with van der Waals surface area (Å²) in [7, 11) is 0. The van der Waals surface area contributed by atoms with Crippen LogP contribution in [0.15, 0.2) is 65.2 Å². The first-order valence-corrected chi connectivity index (χ1v) is 8.70. The van der Waals surface area contributed by atoms with E-state index in [9.17, 15) is 0 Å². The fourth-order valence-corrected chi connectivity index (χ4v) is 3.12. The molecule has 0 amide bonds. The summed E-state index contributed by atoms with van der Waals surface area (Å²) < 4.78 is 5.27. The molecule has 1 N–H and O–H groups in total. The van der Waals surface area contributed by atoms with Gasteiger partial charge in [0.05, 0.1) is 16.4 Å². The molecule has 26 heavy (non-hydrogen) atoms. The number of rotatable bonds is 4. The van der Waals surface area contributed by atoms with E-state index in [-0.39, 0.29) is 0 Å². The van der Waals surface area contributed by atoms with Crippen LogP contribution < -0.4 is 10.3 Å². The van der Waals surface area contributed by atoms with E-state index >= 15 is 0 Å². The van der Waals surface area contributed by atoms with Crippen molar-refractivity contribution >= 4 is 39.9 Å². The highest BCUT2D eigenvalue weighted by Crippen LogP contribution is 2.30. The van der Waals surface area contributed by atoms with Gasteiger partial charge in [-0.15, -0.1) is 0 Å². The van der Waals surface area contributed by atoms with Crippen molar-refractivity contribution in [3.05, 3.63) is 76.4 Å². The molecule has 3 aromatic carbocycles. The van der Waals surface area contributed by atoms with Gasteiger partial charge in [0.1, 0.15) is 0 Å². The van der Waals surface area contributed by atoms with Crippen molar-refractivity contribution in [3.8, 4) is 16.9 Å². The van der Waals surface area contributed by atoms with Crippen molar-refractivity contribution < 1.29 is 9.36 Å². The number of aryl methyl sites for hydroxylation is 1. The molecule has 1 heterocycles. The van der Waals surface area contributed by atoms with Gasteiger partial charge in [0.15, 0.2) is 11.3 Å². The number of aromatic nitrogens is 1. The average Bonchev–Trinajstić information content (AvgIpc) is 3.02. The van der Waals surface area contributed by atoms with Crippen LogP contribution in [0.5, 0.6) is 5.75 Å². The van der Waals surface area contributed by atoms with Crippen molar-refractivity contribution in [2.24, 2.45) is 0 Å². The zero-order valence-electron chi connectivity index (χ0n) is 13.8. The van der Waals surface area contributed by atoms with Gasteiger partial charge in [0, 0.05) is 10.4 Å². The van der Waals surface area contributed by atoms with E-state index in [0.717, 1.165) is 33.5 Å². The predicted molar refractivity (Wildman–Crippen MR) is 105 cm³/mol. The maximum absolute atomic E-state index is 6.12. The lowest BCUT2D eigenvalue weighted by molar-refractivity contribution is 0.405. The van der Waals surface area contributed by atoms with Gasteiger partial charge in [-0.2, -0.15) is 0 Å². The molecule has 1 aromatic heterocycles. The minimum Gasteiger partial charge on any atom is -0.381 e. The van der Waals surface area contributed by atoms with Gasteiger partial charge in [-0.25, -0.2) is 5.48 Å². The molecule has 0 saturated carbocycles. The molecular weight excluding hydrogens is 371 g/mol. The Kier molecular flexibility index (Phi) is 4.45. The van der Waals surface area contributed by atoms with Gasteiger partial charge in [-0.3, -0.25) is 0 Å². The summed E-state index contributed by atoms with van der Waals surface area (Å²) in [6.07, 6.45) is 0. The first kappa shape index (κ1) is 16.8. The third kappa shape index (κ3) is 3.34. The van der Waals surface area contributed by atoms with Gasteiger partial charge in [0.25, 0.3) is 0 Å². The van der Waals surface area contributed by atoms with Crippen LogP contribution in [0.25, 0.3) is 22.1 Å². The Morgan fingerprint density at radius 3 is 2.65 bits per heavy atom. The quantitative estimate of drug-likeness (QED) is 0.407. The second-order valence-corrected chi connectivity index (χ2v) is 6.68. The van der Waals surface area contributed by atoms with Gasteiger partial charge >= 0.3 is 0 Å². The van der Waals surface area contributed by atoms with Gasteiger partial charge < -0.3 is 9.36 Å². The number of halogens is 2. The van der Waals surface area contributed by atoms with E-state index in [4.69, 9.17) is 32.6 Å². The van der Waals surface area contributed by atoms with Crippen molar-refractivity contribution in [2.75, 3.05) is 5.48 Å². The lowest BCUT2D eigenvalue weighted by Gasteiger charge is -2.11. The zero-order chi connectivity index (χ0) is 18.1. The maximum atomic E-state index is 6.12. The summed E-state index contributed by atoms with van der Waals surface area (Å²) >= 11 is 12.0. The van der Waals surface area contributed by atoms with Crippen LogP contribution in [0.4, 0.5) is 5.69 Å². The first-order valence-electron chi connectivity index (χ1n) is 7.94. The van der Waals surface area contributed by atoms with Crippen LogP contribution in [0.3, 0.4) is 0 Å². The van der Waals surface area contributed by atoms with Gasteiger partial charge in [-0.05, 0) is 60.5 Å². The molecule has 0 saturated heterocycles. The van der Waals surface area contributed by atoms with E-state index < -0.39 is 0 Å². The number of fused-ring (bicyclic) bond motifs is 1. The molecule has 4 nitrogen and oxygen atoms in total. The molecule has 0 radical (unpaired) electrons. The number of benzene rings is 3. The van der Waals surface area contributed by atoms with E-state index in [1.54, 1.807) is 18.2 Å². The van der Waals surface area contributed by atoms with E-state index in [0.29, 0.717) is 15.8 Å². The average molecular weight is 385 g/mol. The lowest BCUT2D eigenvalue weighted by atomic mass is 10.0. The predicted octanol–water partition coefficient (Wildman–Crippen LogP) is 6.52. The second-order valence-electron chi connectivity index (χ2n) is 5.84. The van der Waals surface area contributed by atoms with Crippen LogP contribution in [0.2, 0.25) is 10.0 Å². The van der Waals surface area contributed by atoms with Crippen molar-refractivity contribution in [3.63, 3.8) is 0 Å². The molecule has 4 aromatic rings. The number of nitrogens with one attached hydrogen (secondary N) is 1. The van der Waals surface area contributed by atoms with Gasteiger partial charge in [0.2, 0.25) is 0 Å². The zero-order valence-corrected chi connectivity index (χ0v) is 15.3. The SMILES string of the molecule is Cc1noc2ccc(-c3cccc(NOc4ccc(Cl)cc4Cl)c3)cc12. The molecule has 130 valence electrons. The van der Waals surface area contributed by atoms with E-state index in [1.165, 1.54) is 0 Å². The van der Waals surface area contributed by atoms with Crippen LogP contribution in [0.1, 0.15) is 5.69 Å². The number of hydrogen-bond acceptors (Lipinski definition) is 4. The van der Waals surface area contributed by atoms with Crippen molar-refractivity contribution in [1.29, 1.82) is 0 Å². The molecule has 0 fully saturated rings. The third-order valence-corrected chi connectivity index (χ3v) is 4.55. The fourth-order valence-electron chi connectivity index (χ4n) is 2.67. The van der Waals surface area contributed by atoms with E-state index in [2.05, 4.69) is 16.7 Å². The standard InChI is InChI=1S/C20H14Cl2N2O2/c1-12-17-10-14(5-7-19(17)25-23-12)13-3-2-4-16(9-13)24-26-20-8-6-15(21)11-18(20)22/h2-11,24H,1H3. The monoisotopic (exact) mass is 384 g/mol. The van der Waals surface area contributed by atoms with Crippen LogP contribution in [0, 0.1) is 6.92 Å². The summed E-state index contributed by atoms with van der Waals surface area (Å²) in [4.78, 5) is 5.58. The Hall–Kier alpha value is -2.69. The second kappa shape index (κ2) is 6.90. The highest BCUT2D eigenvalue weighted by Gasteiger charge is 2.07. The molecule has 0 spiro atoms. The molecule has 0 unspecified atom stereocenters. The summed E-state index contributed by atoms with van der Waals surface area (Å²) in [6.45, 7) is 1.93. The highest BCUT2D eigenvalue weighted by molar-refractivity contribution is 6.35. The highest BCUT2D eigenvalue weighted by atomic mass is 35.5. The number of nitrogens with zero attached hydrogens (tertiary/aromatic N) is 1. The van der Waals surface area contributed by atoms with Crippen LogP contribution >= 0.6 is 23.2 Å². The summed E-state index contributed by atoms with van der Waals surface area (Å²) in [5.74, 6) is 0.503. The van der Waals surface area contributed by atoms with Gasteiger partial charge in [-0.1, -0.05) is 46.6 Å². The minimum atomic E-state index is 0.439. The molecule has 4 rings (SSSR count). The topological polar surface area (TPSA) is 47.3 Å². The number of hydrogen-bond donors (Lipinski definition) is 1. The largest absolute Gasteiger partial charge is 0.381 e. The normalized spacial score (nSPS) is 10.9. The molecule has 0 aliphatic rings. The molecule has 0 atom stereocenters. The minimum absolute atomic E-state index is 0.439. The molecule has 0 bridgehead atoms. The Morgan fingerprint density at radius 2 is 1.81 bits per heavy atom. The van der Waals surface area contributed by atoms with Crippen molar-refractivity contribution in [2.45, 2.75) is 6.92 Å². The summed E-state index contributed by atoms with van der Waals surface area (Å²) in [6, 6.07) is 19.0. The molecule has 6 heteroatoms. The fraction of sp³-hybridized carbons (Fsp3) is 0.0500. The molecular formula is C20H14Cl2N2O2. The lowest BCUT2D eigenvalue weighted by Crippen LogP contribution is -2.04. The summed E-state index contributed by atoms with van der Waals surface area (Å²) in [5.41, 5.74) is 7.48. The van der Waals surface area contributed by atoms with Crippen LogP contribution in [-0.2, 0) is 0 Å². The Labute approximate surface area is 160 Å². The number of anilines is 1. The molecule has 0 aliphatic heterocycles. The maximum Gasteiger partial charge on any atom is 0.173 e.